The van der Waals surface area contributed by atoms with E-state index in [1.165, 1.54) is 12.1 Å². The van der Waals surface area contributed by atoms with Gasteiger partial charge in [0.2, 0.25) is 0 Å². The summed E-state index contributed by atoms with van der Waals surface area (Å²) in [6, 6.07) is 4.47. The molecule has 0 spiro atoms. The fourth-order valence-electron chi connectivity index (χ4n) is 1.14. The molecule has 10 heteroatoms. The molecule has 108 valence electrons. The molecule has 6 nitrogen and oxygen atoms in total. The first-order valence-electron chi connectivity index (χ1n) is 5.05. The maximum Gasteiger partial charge on any atom is 0.573 e. The van der Waals surface area contributed by atoms with Crippen LogP contribution in [0.5, 0.6) is 5.75 Å². The van der Waals surface area contributed by atoms with E-state index in [9.17, 15) is 21.6 Å². The summed E-state index contributed by atoms with van der Waals surface area (Å²) < 4.78 is 66.6. The molecule has 0 radical (unpaired) electrons. The van der Waals surface area contributed by atoms with Crippen LogP contribution in [0, 0.1) is 0 Å². The SMILES string of the molecule is NCCNS(=O)(=O)Nc1cccc(OC(F)(F)F)c1. The summed E-state index contributed by atoms with van der Waals surface area (Å²) in [7, 11) is -3.87. The van der Waals surface area contributed by atoms with E-state index in [0.29, 0.717) is 0 Å². The van der Waals surface area contributed by atoms with E-state index in [1.807, 2.05) is 4.72 Å². The Morgan fingerprint density at radius 1 is 1.32 bits per heavy atom. The van der Waals surface area contributed by atoms with E-state index in [4.69, 9.17) is 5.73 Å². The molecule has 0 aliphatic carbocycles. The number of nitrogens with two attached hydrogens (primary N) is 1. The van der Waals surface area contributed by atoms with Gasteiger partial charge in [0.15, 0.2) is 0 Å². The first-order chi connectivity index (χ1) is 8.72. The predicted molar refractivity (Wildman–Crippen MR) is 62.7 cm³/mol. The van der Waals surface area contributed by atoms with Gasteiger partial charge in [-0.2, -0.15) is 13.1 Å². The molecule has 0 aliphatic heterocycles. The number of nitrogens with one attached hydrogen (secondary N) is 2. The van der Waals surface area contributed by atoms with Crippen LogP contribution in [0.25, 0.3) is 0 Å². The van der Waals surface area contributed by atoms with Gasteiger partial charge in [-0.15, -0.1) is 13.2 Å². The zero-order chi connectivity index (χ0) is 14.5. The van der Waals surface area contributed by atoms with Crippen LogP contribution in [0.3, 0.4) is 0 Å². The van der Waals surface area contributed by atoms with E-state index >= 15 is 0 Å². The highest BCUT2D eigenvalue weighted by Crippen LogP contribution is 2.25. The molecule has 4 N–H and O–H groups in total. The number of ether oxygens (including phenoxy) is 1. The summed E-state index contributed by atoms with van der Waals surface area (Å²) in [4.78, 5) is 0. The second-order valence-corrected chi connectivity index (χ2v) is 4.86. The van der Waals surface area contributed by atoms with Crippen LogP contribution >= 0.6 is 0 Å². The van der Waals surface area contributed by atoms with Crippen molar-refractivity contribution in [2.24, 2.45) is 5.73 Å². The van der Waals surface area contributed by atoms with Gasteiger partial charge >= 0.3 is 6.36 Å². The van der Waals surface area contributed by atoms with Crippen LogP contribution in [-0.2, 0) is 10.2 Å². The molecule has 0 unspecified atom stereocenters. The minimum atomic E-state index is -4.84. The average molecular weight is 299 g/mol. The molecule has 0 heterocycles. The molecule has 19 heavy (non-hydrogen) atoms. The van der Waals surface area contributed by atoms with Gasteiger partial charge in [0, 0.05) is 19.2 Å². The van der Waals surface area contributed by atoms with Gasteiger partial charge in [0.25, 0.3) is 10.2 Å². The van der Waals surface area contributed by atoms with Crippen molar-refractivity contribution in [2.45, 2.75) is 6.36 Å². The Hall–Kier alpha value is -1.52. The van der Waals surface area contributed by atoms with Crippen molar-refractivity contribution in [3.05, 3.63) is 24.3 Å². The van der Waals surface area contributed by atoms with Gasteiger partial charge < -0.3 is 10.5 Å². The molecular formula is C9H12F3N3O3S. The summed E-state index contributed by atoms with van der Waals surface area (Å²) in [6.07, 6.45) is -4.84. The highest BCUT2D eigenvalue weighted by Gasteiger charge is 2.31. The highest BCUT2D eigenvalue weighted by molar-refractivity contribution is 7.90. The molecule has 1 rings (SSSR count). The lowest BCUT2D eigenvalue weighted by molar-refractivity contribution is -0.274. The zero-order valence-corrected chi connectivity index (χ0v) is 10.4. The molecule has 0 bridgehead atoms. The fraction of sp³-hybridized carbons (Fsp3) is 0.333. The largest absolute Gasteiger partial charge is 0.573 e. The highest BCUT2D eigenvalue weighted by atomic mass is 32.2. The summed E-state index contributed by atoms with van der Waals surface area (Å²) in [6.45, 7) is 0.103. The van der Waals surface area contributed by atoms with Crippen molar-refractivity contribution in [3.8, 4) is 5.75 Å². The van der Waals surface area contributed by atoms with Crippen LogP contribution < -0.4 is 19.9 Å². The average Bonchev–Trinajstić information content (AvgIpc) is 2.24. The molecule has 0 fully saturated rings. The topological polar surface area (TPSA) is 93.5 Å². The van der Waals surface area contributed by atoms with Gasteiger partial charge in [-0.25, -0.2) is 0 Å². The lowest BCUT2D eigenvalue weighted by Crippen LogP contribution is -2.33. The van der Waals surface area contributed by atoms with E-state index in [1.54, 1.807) is 0 Å². The summed E-state index contributed by atoms with van der Waals surface area (Å²) in [5, 5.41) is 0. The molecule has 0 atom stereocenters. The third kappa shape index (κ3) is 6.27. The standard InChI is InChI=1S/C9H12F3N3O3S/c10-9(11,12)18-8-3-1-2-7(6-8)15-19(16,17)14-5-4-13/h1-3,6,14-15H,4-5,13H2. The number of hydrogen-bond acceptors (Lipinski definition) is 4. The Morgan fingerprint density at radius 3 is 2.58 bits per heavy atom. The van der Waals surface area contributed by atoms with Crippen molar-refractivity contribution in [1.82, 2.24) is 4.72 Å². The second kappa shape index (κ2) is 6.08. The Labute approximate surface area is 107 Å². The van der Waals surface area contributed by atoms with Crippen LogP contribution in [0.2, 0.25) is 0 Å². The van der Waals surface area contributed by atoms with E-state index < -0.39 is 22.3 Å². The maximum absolute atomic E-state index is 12.0. The van der Waals surface area contributed by atoms with Crippen molar-refractivity contribution in [3.63, 3.8) is 0 Å². The zero-order valence-electron chi connectivity index (χ0n) is 9.57. The van der Waals surface area contributed by atoms with Gasteiger partial charge in [-0.3, -0.25) is 4.72 Å². The summed E-state index contributed by atoms with van der Waals surface area (Å²) in [5.41, 5.74) is 5.06. The lowest BCUT2D eigenvalue weighted by atomic mass is 10.3. The smallest absolute Gasteiger partial charge is 0.406 e. The molecule has 0 saturated carbocycles. The quantitative estimate of drug-likeness (QED) is 0.724. The molecule has 1 aromatic rings. The lowest BCUT2D eigenvalue weighted by Gasteiger charge is -2.11. The summed E-state index contributed by atoms with van der Waals surface area (Å²) >= 11 is 0. The Balaban J connectivity index is 2.77. The molecule has 0 saturated heterocycles. The molecule has 0 aromatic heterocycles. The molecular weight excluding hydrogens is 287 g/mol. The third-order valence-corrected chi connectivity index (χ3v) is 2.84. The summed E-state index contributed by atoms with van der Waals surface area (Å²) in [5.74, 6) is -0.522. The normalized spacial score (nSPS) is 12.2. The van der Waals surface area contributed by atoms with Crippen LogP contribution in [0.4, 0.5) is 18.9 Å². The van der Waals surface area contributed by atoms with Crippen LogP contribution in [0.15, 0.2) is 24.3 Å². The van der Waals surface area contributed by atoms with Crippen LogP contribution in [0.1, 0.15) is 0 Å². The molecule has 0 aliphatic rings. The maximum atomic E-state index is 12.0. The van der Waals surface area contributed by atoms with Gasteiger partial charge in [0.05, 0.1) is 5.69 Å². The molecule has 0 amide bonds. The van der Waals surface area contributed by atoms with Gasteiger partial charge in [0.1, 0.15) is 5.75 Å². The van der Waals surface area contributed by atoms with Crippen molar-refractivity contribution < 1.29 is 26.3 Å². The Bertz CT molecular complexity index is 519. The van der Waals surface area contributed by atoms with E-state index in [-0.39, 0.29) is 18.8 Å². The predicted octanol–water partition coefficient (Wildman–Crippen LogP) is 0.790. The van der Waals surface area contributed by atoms with Crippen molar-refractivity contribution in [1.29, 1.82) is 0 Å². The van der Waals surface area contributed by atoms with E-state index in [2.05, 4.69) is 9.46 Å². The number of halogens is 3. The number of hydrogen-bond donors (Lipinski definition) is 3. The second-order valence-electron chi connectivity index (χ2n) is 3.36. The van der Waals surface area contributed by atoms with Crippen molar-refractivity contribution >= 4 is 15.9 Å². The first kappa shape index (κ1) is 15.5. The Kier molecular flexibility index (Phi) is 4.97. The third-order valence-electron chi connectivity index (χ3n) is 1.76. The number of rotatable bonds is 6. The first-order valence-corrected chi connectivity index (χ1v) is 6.53. The monoisotopic (exact) mass is 299 g/mol. The minimum Gasteiger partial charge on any atom is -0.406 e. The van der Waals surface area contributed by atoms with E-state index in [0.717, 1.165) is 12.1 Å². The van der Waals surface area contributed by atoms with Crippen LogP contribution in [-0.4, -0.2) is 27.9 Å². The Morgan fingerprint density at radius 2 is 2.00 bits per heavy atom. The number of alkyl halides is 3. The number of anilines is 1. The molecule has 1 aromatic carbocycles. The van der Waals surface area contributed by atoms with Crippen molar-refractivity contribution in [2.75, 3.05) is 17.8 Å². The number of benzene rings is 1. The van der Waals surface area contributed by atoms with Gasteiger partial charge in [-0.05, 0) is 12.1 Å². The fourth-order valence-corrected chi connectivity index (χ4v) is 2.04. The minimum absolute atomic E-state index is 0.00801. The van der Waals surface area contributed by atoms with Gasteiger partial charge in [-0.1, -0.05) is 6.07 Å².